The molecule has 0 aliphatic rings. The molecule has 0 saturated heterocycles. The molecule has 4 nitrogen and oxygen atoms in total. The van der Waals surface area contributed by atoms with Crippen LogP contribution in [0.2, 0.25) is 0 Å². The lowest BCUT2D eigenvalue weighted by atomic mass is 10.1. The van der Waals surface area contributed by atoms with Gasteiger partial charge in [-0.3, -0.25) is 0 Å². The fourth-order valence-corrected chi connectivity index (χ4v) is 2.33. The number of hydrogen-bond acceptors (Lipinski definition) is 2. The number of nitrogens with one attached hydrogen (secondary N) is 2. The second-order valence-corrected chi connectivity index (χ2v) is 6.04. The van der Waals surface area contributed by atoms with Gasteiger partial charge in [-0.2, -0.15) is 0 Å². The van der Waals surface area contributed by atoms with Gasteiger partial charge in [0.1, 0.15) is 0 Å². The van der Waals surface area contributed by atoms with E-state index in [0.29, 0.717) is 13.0 Å². The van der Waals surface area contributed by atoms with Gasteiger partial charge in [0.05, 0.1) is 5.75 Å². The highest BCUT2D eigenvalue weighted by Crippen LogP contribution is 2.14. The molecule has 0 aliphatic carbocycles. The van der Waals surface area contributed by atoms with Crippen LogP contribution in [-0.4, -0.2) is 25.7 Å². The SMILES string of the molecule is CCS(=O)(=O)NCCc1ccc2[nH]ccc2c1. The number of benzene rings is 1. The Labute approximate surface area is 101 Å². The monoisotopic (exact) mass is 252 g/mol. The molecule has 0 radical (unpaired) electrons. The smallest absolute Gasteiger partial charge is 0.211 e. The van der Waals surface area contributed by atoms with Crippen molar-refractivity contribution in [2.45, 2.75) is 13.3 Å². The molecular formula is C12H16N2O2S. The van der Waals surface area contributed by atoms with Gasteiger partial charge in [0.15, 0.2) is 0 Å². The summed E-state index contributed by atoms with van der Waals surface area (Å²) in [5, 5.41) is 1.15. The summed E-state index contributed by atoms with van der Waals surface area (Å²) in [6, 6.07) is 8.11. The lowest BCUT2D eigenvalue weighted by Crippen LogP contribution is -2.27. The number of aromatic amines is 1. The molecule has 0 fully saturated rings. The van der Waals surface area contributed by atoms with Gasteiger partial charge < -0.3 is 4.98 Å². The molecule has 2 N–H and O–H groups in total. The normalized spacial score (nSPS) is 12.1. The highest BCUT2D eigenvalue weighted by Gasteiger charge is 2.05. The molecule has 2 aromatic rings. The van der Waals surface area contributed by atoms with Gasteiger partial charge in [-0.05, 0) is 42.5 Å². The van der Waals surface area contributed by atoms with Crippen LogP contribution in [0.25, 0.3) is 10.9 Å². The molecule has 0 saturated carbocycles. The number of rotatable bonds is 5. The summed E-state index contributed by atoms with van der Waals surface area (Å²) >= 11 is 0. The lowest BCUT2D eigenvalue weighted by molar-refractivity contribution is 0.583. The average Bonchev–Trinajstić information content (AvgIpc) is 2.76. The Morgan fingerprint density at radius 1 is 1.29 bits per heavy atom. The second-order valence-electron chi connectivity index (χ2n) is 3.95. The van der Waals surface area contributed by atoms with E-state index in [0.717, 1.165) is 16.5 Å². The molecule has 0 aliphatic heterocycles. The fourth-order valence-electron chi connectivity index (χ4n) is 1.71. The van der Waals surface area contributed by atoms with E-state index in [1.807, 2.05) is 24.4 Å². The molecular weight excluding hydrogens is 236 g/mol. The van der Waals surface area contributed by atoms with Gasteiger partial charge in [-0.25, -0.2) is 13.1 Å². The van der Waals surface area contributed by atoms with E-state index in [-0.39, 0.29) is 5.75 Å². The van der Waals surface area contributed by atoms with Gasteiger partial charge in [0.2, 0.25) is 10.0 Å². The molecule has 0 unspecified atom stereocenters. The van der Waals surface area contributed by atoms with Crippen LogP contribution in [0, 0.1) is 0 Å². The zero-order valence-electron chi connectivity index (χ0n) is 9.73. The van der Waals surface area contributed by atoms with Gasteiger partial charge in [0, 0.05) is 18.3 Å². The minimum atomic E-state index is -3.08. The van der Waals surface area contributed by atoms with Crippen LogP contribution in [0.3, 0.4) is 0 Å². The maximum absolute atomic E-state index is 11.2. The zero-order chi connectivity index (χ0) is 12.3. The topological polar surface area (TPSA) is 62.0 Å². The van der Waals surface area contributed by atoms with Crippen molar-refractivity contribution in [1.29, 1.82) is 0 Å². The van der Waals surface area contributed by atoms with Gasteiger partial charge in [-0.15, -0.1) is 0 Å². The van der Waals surface area contributed by atoms with Crippen molar-refractivity contribution in [3.63, 3.8) is 0 Å². The molecule has 0 bridgehead atoms. The molecule has 1 aromatic carbocycles. The van der Waals surface area contributed by atoms with Gasteiger partial charge >= 0.3 is 0 Å². The molecule has 1 heterocycles. The van der Waals surface area contributed by atoms with Crippen molar-refractivity contribution >= 4 is 20.9 Å². The fraction of sp³-hybridized carbons (Fsp3) is 0.333. The van der Waals surface area contributed by atoms with E-state index in [4.69, 9.17) is 0 Å². The van der Waals surface area contributed by atoms with Crippen molar-refractivity contribution in [3.05, 3.63) is 36.0 Å². The summed E-state index contributed by atoms with van der Waals surface area (Å²) in [5.41, 5.74) is 2.23. The predicted molar refractivity (Wildman–Crippen MR) is 69.5 cm³/mol. The van der Waals surface area contributed by atoms with Crippen LogP contribution in [0.4, 0.5) is 0 Å². The summed E-state index contributed by atoms with van der Waals surface area (Å²) < 4.78 is 25.1. The summed E-state index contributed by atoms with van der Waals surface area (Å²) in [5.74, 6) is 0.129. The first-order chi connectivity index (χ1) is 8.11. The number of sulfonamides is 1. The molecule has 92 valence electrons. The minimum Gasteiger partial charge on any atom is -0.361 e. The van der Waals surface area contributed by atoms with Gasteiger partial charge in [0.25, 0.3) is 0 Å². The van der Waals surface area contributed by atoms with Crippen LogP contribution >= 0.6 is 0 Å². The second kappa shape index (κ2) is 4.89. The van der Waals surface area contributed by atoms with E-state index in [1.165, 1.54) is 0 Å². The van der Waals surface area contributed by atoms with Gasteiger partial charge in [-0.1, -0.05) is 6.07 Å². The maximum Gasteiger partial charge on any atom is 0.211 e. The van der Waals surface area contributed by atoms with E-state index in [9.17, 15) is 8.42 Å². The first-order valence-corrected chi connectivity index (χ1v) is 7.29. The van der Waals surface area contributed by atoms with Crippen LogP contribution in [0.5, 0.6) is 0 Å². The van der Waals surface area contributed by atoms with Crippen LogP contribution in [0.15, 0.2) is 30.5 Å². The third-order valence-electron chi connectivity index (χ3n) is 2.73. The van der Waals surface area contributed by atoms with Crippen molar-refractivity contribution in [2.75, 3.05) is 12.3 Å². The number of H-pyrrole nitrogens is 1. The highest BCUT2D eigenvalue weighted by molar-refractivity contribution is 7.89. The van der Waals surface area contributed by atoms with Crippen molar-refractivity contribution in [1.82, 2.24) is 9.71 Å². The van der Waals surface area contributed by atoms with E-state index in [2.05, 4.69) is 15.8 Å². The van der Waals surface area contributed by atoms with E-state index >= 15 is 0 Å². The summed E-state index contributed by atoms with van der Waals surface area (Å²) in [4.78, 5) is 3.12. The Morgan fingerprint density at radius 3 is 2.88 bits per heavy atom. The lowest BCUT2D eigenvalue weighted by Gasteiger charge is -2.04. The predicted octanol–water partition coefficient (Wildman–Crippen LogP) is 1.65. The minimum absolute atomic E-state index is 0.129. The Balaban J connectivity index is 1.99. The Bertz CT molecular complexity index is 602. The van der Waals surface area contributed by atoms with Crippen LogP contribution < -0.4 is 4.72 Å². The Kier molecular flexibility index (Phi) is 3.49. The summed E-state index contributed by atoms with van der Waals surface area (Å²) in [7, 11) is -3.08. The molecule has 17 heavy (non-hydrogen) atoms. The largest absolute Gasteiger partial charge is 0.361 e. The number of fused-ring (bicyclic) bond motifs is 1. The van der Waals surface area contributed by atoms with Crippen LogP contribution in [0.1, 0.15) is 12.5 Å². The number of aromatic nitrogens is 1. The summed E-state index contributed by atoms with van der Waals surface area (Å²) in [6.07, 6.45) is 2.61. The van der Waals surface area contributed by atoms with E-state index in [1.54, 1.807) is 6.92 Å². The summed E-state index contributed by atoms with van der Waals surface area (Å²) in [6.45, 7) is 2.08. The quantitative estimate of drug-likeness (QED) is 0.850. The average molecular weight is 252 g/mol. The molecule has 5 heteroatoms. The highest BCUT2D eigenvalue weighted by atomic mass is 32.2. The van der Waals surface area contributed by atoms with Crippen LogP contribution in [-0.2, 0) is 16.4 Å². The first kappa shape index (κ1) is 12.1. The molecule has 0 atom stereocenters. The number of hydrogen-bond donors (Lipinski definition) is 2. The Hall–Kier alpha value is -1.33. The molecule has 0 spiro atoms. The molecule has 1 aromatic heterocycles. The first-order valence-electron chi connectivity index (χ1n) is 5.64. The molecule has 2 rings (SSSR count). The third-order valence-corrected chi connectivity index (χ3v) is 4.14. The van der Waals surface area contributed by atoms with Crippen molar-refractivity contribution in [3.8, 4) is 0 Å². The standard InChI is InChI=1S/C12H16N2O2S/c1-2-17(15,16)14-8-5-10-3-4-12-11(9-10)6-7-13-12/h3-4,6-7,9,13-14H,2,5,8H2,1H3. The third kappa shape index (κ3) is 3.08. The van der Waals surface area contributed by atoms with Crippen molar-refractivity contribution in [2.24, 2.45) is 0 Å². The Morgan fingerprint density at radius 2 is 2.12 bits per heavy atom. The van der Waals surface area contributed by atoms with Crippen molar-refractivity contribution < 1.29 is 8.42 Å². The maximum atomic E-state index is 11.2. The molecule has 0 amide bonds. The van der Waals surface area contributed by atoms with E-state index < -0.39 is 10.0 Å². The zero-order valence-corrected chi connectivity index (χ0v) is 10.5.